The molecule has 106 valence electrons. The Kier molecular flexibility index (Phi) is 5.00. The highest BCUT2D eigenvalue weighted by Gasteiger charge is 2.14. The van der Waals surface area contributed by atoms with Crippen LogP contribution in [-0.4, -0.2) is 19.8 Å². The third-order valence-electron chi connectivity index (χ3n) is 3.84. The summed E-state index contributed by atoms with van der Waals surface area (Å²) >= 11 is 0. The minimum absolute atomic E-state index is 0.241. The zero-order valence-electron chi connectivity index (χ0n) is 12.5. The van der Waals surface area contributed by atoms with Gasteiger partial charge in [-0.05, 0) is 35.3 Å². The molecule has 1 atom stereocenters. The van der Waals surface area contributed by atoms with Crippen molar-refractivity contribution in [3.8, 4) is 0 Å². The van der Waals surface area contributed by atoms with Gasteiger partial charge >= 0.3 is 0 Å². The molecule has 0 bridgehead atoms. The maximum absolute atomic E-state index is 5.50. The second-order valence-electron chi connectivity index (χ2n) is 6.66. The largest absolute Gasteiger partial charge is 0.381 e. The molecule has 1 aromatic rings. The fourth-order valence-corrected chi connectivity index (χ4v) is 2.51. The van der Waals surface area contributed by atoms with E-state index in [0.29, 0.717) is 5.92 Å². The topological polar surface area (TPSA) is 21.3 Å². The van der Waals surface area contributed by atoms with Gasteiger partial charge in [-0.15, -0.1) is 0 Å². The average Bonchev–Trinajstić information content (AvgIpc) is 2.39. The van der Waals surface area contributed by atoms with Crippen LogP contribution in [-0.2, 0) is 16.7 Å². The molecule has 0 aromatic heterocycles. The van der Waals surface area contributed by atoms with Crippen LogP contribution < -0.4 is 5.32 Å². The SMILES string of the molecule is CC(C)(C)c1ccc(CNCC2CCCOC2)cc1. The standard InChI is InChI=1S/C17H27NO/c1-17(2,3)16-8-6-14(7-9-16)11-18-12-15-5-4-10-19-13-15/h6-9,15,18H,4-5,10-13H2,1-3H3. The zero-order chi connectivity index (χ0) is 13.7. The molecule has 1 aliphatic rings. The molecule has 1 aromatic carbocycles. The summed E-state index contributed by atoms with van der Waals surface area (Å²) in [5.41, 5.74) is 3.01. The molecule has 1 saturated heterocycles. The number of hydrogen-bond donors (Lipinski definition) is 1. The summed E-state index contributed by atoms with van der Waals surface area (Å²) in [7, 11) is 0. The molecule has 2 rings (SSSR count). The molecule has 2 heteroatoms. The number of benzene rings is 1. The van der Waals surface area contributed by atoms with E-state index in [2.05, 4.69) is 50.4 Å². The maximum Gasteiger partial charge on any atom is 0.0506 e. The van der Waals surface area contributed by atoms with Crippen LogP contribution in [0, 0.1) is 5.92 Å². The van der Waals surface area contributed by atoms with Gasteiger partial charge < -0.3 is 10.1 Å². The Morgan fingerprint density at radius 2 is 1.95 bits per heavy atom. The predicted octanol–water partition coefficient (Wildman–Crippen LogP) is 3.50. The first kappa shape index (κ1) is 14.5. The van der Waals surface area contributed by atoms with Crippen molar-refractivity contribution in [2.75, 3.05) is 19.8 Å². The van der Waals surface area contributed by atoms with E-state index in [0.717, 1.165) is 26.3 Å². The Balaban J connectivity index is 1.76. The van der Waals surface area contributed by atoms with Gasteiger partial charge in [-0.2, -0.15) is 0 Å². The highest BCUT2D eigenvalue weighted by atomic mass is 16.5. The third-order valence-corrected chi connectivity index (χ3v) is 3.84. The molecule has 2 nitrogen and oxygen atoms in total. The summed E-state index contributed by atoms with van der Waals surface area (Å²) < 4.78 is 5.50. The van der Waals surface area contributed by atoms with Gasteiger partial charge in [0.25, 0.3) is 0 Å². The van der Waals surface area contributed by atoms with Crippen LogP contribution in [0.2, 0.25) is 0 Å². The summed E-state index contributed by atoms with van der Waals surface area (Å²) in [6.07, 6.45) is 2.52. The monoisotopic (exact) mass is 261 g/mol. The number of nitrogens with one attached hydrogen (secondary N) is 1. The van der Waals surface area contributed by atoms with Crippen LogP contribution in [0.1, 0.15) is 44.7 Å². The fraction of sp³-hybridized carbons (Fsp3) is 0.647. The summed E-state index contributed by atoms with van der Waals surface area (Å²) in [6, 6.07) is 8.98. The molecule has 0 radical (unpaired) electrons. The van der Waals surface area contributed by atoms with Crippen LogP contribution in [0.3, 0.4) is 0 Å². The van der Waals surface area contributed by atoms with Crippen LogP contribution >= 0.6 is 0 Å². The summed E-state index contributed by atoms with van der Waals surface area (Å²) in [4.78, 5) is 0. The second kappa shape index (κ2) is 6.53. The van der Waals surface area contributed by atoms with E-state index in [1.165, 1.54) is 24.0 Å². The van der Waals surface area contributed by atoms with Gasteiger partial charge in [-0.1, -0.05) is 45.0 Å². The van der Waals surface area contributed by atoms with Crippen LogP contribution in [0.4, 0.5) is 0 Å². The van der Waals surface area contributed by atoms with Crippen molar-refractivity contribution in [3.05, 3.63) is 35.4 Å². The lowest BCUT2D eigenvalue weighted by Gasteiger charge is -2.22. The van der Waals surface area contributed by atoms with Crippen molar-refractivity contribution >= 4 is 0 Å². The second-order valence-corrected chi connectivity index (χ2v) is 6.66. The van der Waals surface area contributed by atoms with Crippen molar-refractivity contribution in [2.24, 2.45) is 5.92 Å². The van der Waals surface area contributed by atoms with Gasteiger partial charge in [0, 0.05) is 19.7 Å². The Labute approximate surface area is 117 Å². The first-order chi connectivity index (χ1) is 9.05. The minimum atomic E-state index is 0.241. The summed E-state index contributed by atoms with van der Waals surface area (Å²) in [6.45, 7) is 10.7. The Bertz CT molecular complexity index is 371. The zero-order valence-corrected chi connectivity index (χ0v) is 12.5. The van der Waals surface area contributed by atoms with E-state index < -0.39 is 0 Å². The van der Waals surface area contributed by atoms with Crippen molar-refractivity contribution in [1.29, 1.82) is 0 Å². The van der Waals surface area contributed by atoms with Gasteiger partial charge in [-0.3, -0.25) is 0 Å². The van der Waals surface area contributed by atoms with Crippen molar-refractivity contribution in [1.82, 2.24) is 5.32 Å². The number of ether oxygens (including phenoxy) is 1. The molecular formula is C17H27NO. The van der Waals surface area contributed by atoms with E-state index >= 15 is 0 Å². The molecule has 19 heavy (non-hydrogen) atoms. The van der Waals surface area contributed by atoms with Gasteiger partial charge in [0.05, 0.1) is 6.61 Å². The van der Waals surface area contributed by atoms with E-state index in [1.54, 1.807) is 0 Å². The lowest BCUT2D eigenvalue weighted by Crippen LogP contribution is -2.28. The molecule has 0 amide bonds. The van der Waals surface area contributed by atoms with Crippen molar-refractivity contribution in [3.63, 3.8) is 0 Å². The number of hydrogen-bond acceptors (Lipinski definition) is 2. The number of rotatable bonds is 4. The Morgan fingerprint density at radius 1 is 1.21 bits per heavy atom. The van der Waals surface area contributed by atoms with E-state index in [4.69, 9.17) is 4.74 Å². The minimum Gasteiger partial charge on any atom is -0.381 e. The first-order valence-electron chi connectivity index (χ1n) is 7.43. The Morgan fingerprint density at radius 3 is 2.53 bits per heavy atom. The molecule has 1 heterocycles. The van der Waals surface area contributed by atoms with Crippen molar-refractivity contribution in [2.45, 2.75) is 45.6 Å². The van der Waals surface area contributed by atoms with Gasteiger partial charge in [0.15, 0.2) is 0 Å². The maximum atomic E-state index is 5.50. The van der Waals surface area contributed by atoms with Crippen LogP contribution in [0.25, 0.3) is 0 Å². The lowest BCUT2D eigenvalue weighted by atomic mass is 9.87. The summed E-state index contributed by atoms with van der Waals surface area (Å²) in [5.74, 6) is 0.697. The Hall–Kier alpha value is -0.860. The molecule has 1 aliphatic heterocycles. The lowest BCUT2D eigenvalue weighted by molar-refractivity contribution is 0.0547. The average molecular weight is 261 g/mol. The first-order valence-corrected chi connectivity index (χ1v) is 7.43. The molecule has 0 aliphatic carbocycles. The smallest absolute Gasteiger partial charge is 0.0506 e. The van der Waals surface area contributed by atoms with E-state index in [1.807, 2.05) is 0 Å². The molecule has 0 saturated carbocycles. The predicted molar refractivity (Wildman–Crippen MR) is 80.4 cm³/mol. The third kappa shape index (κ3) is 4.63. The quantitative estimate of drug-likeness (QED) is 0.895. The fourth-order valence-electron chi connectivity index (χ4n) is 2.51. The van der Waals surface area contributed by atoms with Gasteiger partial charge in [0.2, 0.25) is 0 Å². The van der Waals surface area contributed by atoms with Gasteiger partial charge in [-0.25, -0.2) is 0 Å². The molecule has 0 spiro atoms. The van der Waals surface area contributed by atoms with Gasteiger partial charge in [0.1, 0.15) is 0 Å². The summed E-state index contributed by atoms with van der Waals surface area (Å²) in [5, 5.41) is 3.55. The molecular weight excluding hydrogens is 234 g/mol. The van der Waals surface area contributed by atoms with Crippen molar-refractivity contribution < 1.29 is 4.74 Å². The molecule has 1 unspecified atom stereocenters. The molecule has 1 fully saturated rings. The normalized spacial score (nSPS) is 20.5. The van der Waals surface area contributed by atoms with E-state index in [-0.39, 0.29) is 5.41 Å². The highest BCUT2D eigenvalue weighted by Crippen LogP contribution is 2.22. The van der Waals surface area contributed by atoms with Crippen LogP contribution in [0.5, 0.6) is 0 Å². The molecule has 1 N–H and O–H groups in total. The highest BCUT2D eigenvalue weighted by molar-refractivity contribution is 5.27. The van der Waals surface area contributed by atoms with E-state index in [9.17, 15) is 0 Å². The van der Waals surface area contributed by atoms with Crippen LogP contribution in [0.15, 0.2) is 24.3 Å².